The molecular weight excluding hydrogens is 175 g/mol. The average molecular weight is 178 g/mol. The van der Waals surface area contributed by atoms with Crippen LogP contribution in [-0.2, 0) is 6.18 Å². The van der Waals surface area contributed by atoms with Crippen molar-refractivity contribution >= 4 is 6.03 Å². The van der Waals surface area contributed by atoms with Gasteiger partial charge in [-0.2, -0.15) is 23.0 Å². The Bertz CT molecular complexity index is 303. The maximum absolute atomic E-state index is 11.8. The van der Waals surface area contributed by atoms with Gasteiger partial charge in [-0.1, -0.05) is 0 Å². The topological polar surface area (TPSA) is 60.9 Å². The van der Waals surface area contributed by atoms with E-state index < -0.39 is 17.9 Å². The number of hydrogen-bond donors (Lipinski definition) is 1. The van der Waals surface area contributed by atoms with Gasteiger partial charge in [-0.05, 0) is 0 Å². The minimum absolute atomic E-state index is 0.364. The first-order chi connectivity index (χ1) is 5.41. The van der Waals surface area contributed by atoms with Crippen LogP contribution >= 0.6 is 0 Å². The molecule has 1 radical (unpaired) electrons. The normalized spacial score (nSPS) is 11.6. The minimum atomic E-state index is -4.60. The number of halogens is 3. The van der Waals surface area contributed by atoms with Gasteiger partial charge in [0, 0.05) is 12.3 Å². The third kappa shape index (κ3) is 1.55. The van der Waals surface area contributed by atoms with Gasteiger partial charge in [-0.3, -0.25) is 0 Å². The summed E-state index contributed by atoms with van der Waals surface area (Å²) in [6.07, 6.45) is -3.87. The molecule has 12 heavy (non-hydrogen) atoms. The fourth-order valence-corrected chi connectivity index (χ4v) is 0.539. The molecule has 0 fully saturated rings. The van der Waals surface area contributed by atoms with Gasteiger partial charge in [0.15, 0.2) is 5.69 Å². The lowest BCUT2D eigenvalue weighted by Crippen LogP contribution is -2.20. The van der Waals surface area contributed by atoms with Crippen molar-refractivity contribution in [2.24, 2.45) is 5.73 Å². The number of nitrogens with two attached hydrogens (primary N) is 1. The molecule has 65 valence electrons. The number of hydrogen-bond acceptors (Lipinski definition) is 2. The molecule has 0 aliphatic carbocycles. The molecule has 2 N–H and O–H groups in total. The first-order valence-corrected chi connectivity index (χ1v) is 2.75. The molecule has 1 heterocycles. The standard InChI is InChI=1S/C5H3F3N3O/c6-5(7,8)3-1-2-11(10-3)4(9)12/h2H,(H2,9,12). The molecule has 1 rings (SSSR count). The van der Waals surface area contributed by atoms with Gasteiger partial charge < -0.3 is 5.73 Å². The van der Waals surface area contributed by atoms with Crippen LogP contribution in [0, 0.1) is 6.07 Å². The fourth-order valence-electron chi connectivity index (χ4n) is 0.539. The lowest BCUT2D eigenvalue weighted by Gasteiger charge is -1.99. The Kier molecular flexibility index (Phi) is 1.79. The fraction of sp³-hybridized carbons (Fsp3) is 0.200. The second kappa shape index (κ2) is 2.50. The molecule has 0 unspecified atom stereocenters. The first kappa shape index (κ1) is 8.57. The highest BCUT2D eigenvalue weighted by molar-refractivity contribution is 5.73. The van der Waals surface area contributed by atoms with E-state index in [2.05, 4.69) is 10.8 Å². The maximum Gasteiger partial charge on any atom is 0.435 e. The summed E-state index contributed by atoms with van der Waals surface area (Å²) in [6, 6.07) is 0.671. The summed E-state index contributed by atoms with van der Waals surface area (Å²) >= 11 is 0. The third-order valence-electron chi connectivity index (χ3n) is 1.03. The van der Waals surface area contributed by atoms with Crippen molar-refractivity contribution in [3.8, 4) is 0 Å². The zero-order valence-electron chi connectivity index (χ0n) is 5.59. The van der Waals surface area contributed by atoms with E-state index in [9.17, 15) is 18.0 Å². The number of primary amides is 1. The van der Waals surface area contributed by atoms with Crippen molar-refractivity contribution in [3.63, 3.8) is 0 Å². The van der Waals surface area contributed by atoms with Crippen molar-refractivity contribution in [2.75, 3.05) is 0 Å². The number of alkyl halides is 3. The molecule has 4 nitrogen and oxygen atoms in total. The zero-order valence-corrected chi connectivity index (χ0v) is 5.59. The lowest BCUT2D eigenvalue weighted by atomic mass is 10.4. The van der Waals surface area contributed by atoms with Crippen LogP contribution in [0.5, 0.6) is 0 Å². The number of nitrogens with zero attached hydrogens (tertiary/aromatic N) is 2. The Morgan fingerprint density at radius 1 is 1.67 bits per heavy atom. The van der Waals surface area contributed by atoms with E-state index in [0.29, 0.717) is 4.68 Å². The van der Waals surface area contributed by atoms with E-state index in [0.717, 1.165) is 6.20 Å². The van der Waals surface area contributed by atoms with Crippen LogP contribution in [-0.4, -0.2) is 15.8 Å². The highest BCUT2D eigenvalue weighted by atomic mass is 19.4. The van der Waals surface area contributed by atoms with E-state index in [4.69, 9.17) is 0 Å². The first-order valence-electron chi connectivity index (χ1n) is 2.75. The second-order valence-electron chi connectivity index (χ2n) is 1.90. The Morgan fingerprint density at radius 3 is 2.50 bits per heavy atom. The van der Waals surface area contributed by atoms with Crippen molar-refractivity contribution in [1.82, 2.24) is 9.78 Å². The molecule has 0 atom stereocenters. The summed E-state index contributed by atoms with van der Waals surface area (Å²) in [4.78, 5) is 10.3. The van der Waals surface area contributed by atoms with E-state index in [1.807, 2.05) is 0 Å². The molecule has 1 amide bonds. The Balaban J connectivity index is 3.00. The minimum Gasteiger partial charge on any atom is -0.350 e. The van der Waals surface area contributed by atoms with Crippen LogP contribution in [0.3, 0.4) is 0 Å². The molecule has 0 aliphatic rings. The number of amides is 1. The summed E-state index contributed by atoms with van der Waals surface area (Å²) in [5.74, 6) is 0. The smallest absolute Gasteiger partial charge is 0.350 e. The van der Waals surface area contributed by atoms with E-state index >= 15 is 0 Å². The Hall–Kier alpha value is -1.53. The second-order valence-corrected chi connectivity index (χ2v) is 1.90. The molecule has 0 saturated carbocycles. The monoisotopic (exact) mass is 178 g/mol. The average Bonchev–Trinajstić information content (AvgIpc) is 2.30. The van der Waals surface area contributed by atoms with Crippen LogP contribution in [0.2, 0.25) is 0 Å². The molecular formula is C5H3F3N3O. The number of rotatable bonds is 0. The molecule has 1 aromatic rings. The number of aromatic nitrogens is 2. The Morgan fingerprint density at radius 2 is 2.25 bits per heavy atom. The summed E-state index contributed by atoms with van der Waals surface area (Å²) in [6.45, 7) is 0. The predicted molar refractivity (Wildman–Crippen MR) is 31.0 cm³/mol. The Labute approximate surface area is 64.8 Å². The molecule has 0 saturated heterocycles. The molecule has 0 aromatic carbocycles. The molecule has 0 spiro atoms. The van der Waals surface area contributed by atoms with Gasteiger partial charge in [0.05, 0.1) is 0 Å². The van der Waals surface area contributed by atoms with Gasteiger partial charge >= 0.3 is 12.2 Å². The third-order valence-corrected chi connectivity index (χ3v) is 1.03. The predicted octanol–water partition coefficient (Wildman–Crippen LogP) is 0.629. The van der Waals surface area contributed by atoms with Crippen LogP contribution < -0.4 is 5.73 Å². The zero-order chi connectivity index (χ0) is 9.35. The van der Waals surface area contributed by atoms with Gasteiger partial charge in [0.25, 0.3) is 0 Å². The van der Waals surface area contributed by atoms with E-state index in [1.54, 1.807) is 6.07 Å². The largest absolute Gasteiger partial charge is 0.435 e. The highest BCUT2D eigenvalue weighted by Crippen LogP contribution is 2.26. The van der Waals surface area contributed by atoms with Gasteiger partial charge in [0.1, 0.15) is 0 Å². The molecule has 1 aromatic heterocycles. The lowest BCUT2D eigenvalue weighted by molar-refractivity contribution is -0.141. The van der Waals surface area contributed by atoms with Crippen molar-refractivity contribution in [2.45, 2.75) is 6.18 Å². The van der Waals surface area contributed by atoms with Gasteiger partial charge in [-0.15, -0.1) is 0 Å². The molecule has 0 bridgehead atoms. The van der Waals surface area contributed by atoms with E-state index in [-0.39, 0.29) is 0 Å². The SMILES string of the molecule is NC(=O)n1c[c]c(C(F)(F)F)n1. The van der Waals surface area contributed by atoms with Crippen LogP contribution in [0.15, 0.2) is 6.20 Å². The summed E-state index contributed by atoms with van der Waals surface area (Å²) in [5.41, 5.74) is 3.38. The highest BCUT2D eigenvalue weighted by Gasteiger charge is 2.34. The maximum atomic E-state index is 11.8. The summed E-state index contributed by atoms with van der Waals surface area (Å²) < 4.78 is 35.8. The summed E-state index contributed by atoms with van der Waals surface area (Å²) in [5, 5.41) is 2.84. The van der Waals surface area contributed by atoms with Crippen LogP contribution in [0.25, 0.3) is 0 Å². The van der Waals surface area contributed by atoms with Gasteiger partial charge in [-0.25, -0.2) is 4.79 Å². The van der Waals surface area contributed by atoms with Crippen molar-refractivity contribution < 1.29 is 18.0 Å². The quantitative estimate of drug-likeness (QED) is 0.633. The molecule has 7 heteroatoms. The van der Waals surface area contributed by atoms with Crippen LogP contribution in [0.1, 0.15) is 5.69 Å². The van der Waals surface area contributed by atoms with E-state index in [1.165, 1.54) is 0 Å². The molecule has 0 aliphatic heterocycles. The van der Waals surface area contributed by atoms with Crippen LogP contribution in [0.4, 0.5) is 18.0 Å². The van der Waals surface area contributed by atoms with Crippen molar-refractivity contribution in [3.05, 3.63) is 18.0 Å². The summed E-state index contributed by atoms with van der Waals surface area (Å²) in [7, 11) is 0. The number of carbonyl (C=O) groups is 1. The van der Waals surface area contributed by atoms with Crippen molar-refractivity contribution in [1.29, 1.82) is 0 Å². The number of carbonyl (C=O) groups excluding carboxylic acids is 1. The van der Waals surface area contributed by atoms with Gasteiger partial charge in [0.2, 0.25) is 0 Å².